The van der Waals surface area contributed by atoms with Crippen LogP contribution in [0.3, 0.4) is 0 Å². The summed E-state index contributed by atoms with van der Waals surface area (Å²) in [5, 5.41) is 13.7. The van der Waals surface area contributed by atoms with Gasteiger partial charge >= 0.3 is 6.03 Å². The Labute approximate surface area is 107 Å². The van der Waals surface area contributed by atoms with E-state index < -0.39 is 11.9 Å². The molecule has 1 aliphatic rings. The number of benzene rings is 1. The molecule has 3 amide bonds. The fraction of sp³-hybridized carbons (Fsp3) is 0.182. The molecule has 1 aliphatic heterocycles. The van der Waals surface area contributed by atoms with E-state index in [1.54, 1.807) is 18.2 Å². The van der Waals surface area contributed by atoms with Crippen molar-refractivity contribution in [2.24, 2.45) is 10.9 Å². The lowest BCUT2D eigenvalue weighted by Crippen LogP contribution is -2.38. The van der Waals surface area contributed by atoms with Gasteiger partial charge in [0.05, 0.1) is 0 Å². The number of hydrogen-bond acceptors (Lipinski definition) is 6. The fourth-order valence-corrected chi connectivity index (χ4v) is 1.58. The summed E-state index contributed by atoms with van der Waals surface area (Å²) in [6.45, 7) is -0.167. The number of ether oxygens (including phenoxy) is 2. The van der Waals surface area contributed by atoms with E-state index in [9.17, 15) is 9.59 Å². The number of nitrogens with two attached hydrogens (primary N) is 1. The Morgan fingerprint density at radius 3 is 3.00 bits per heavy atom. The van der Waals surface area contributed by atoms with Crippen LogP contribution in [-0.4, -0.2) is 36.1 Å². The summed E-state index contributed by atoms with van der Waals surface area (Å²) < 4.78 is 10.4. The number of nitrogens with zero attached hydrogens (tertiary/aromatic N) is 1. The Hall–Kier alpha value is -2.77. The van der Waals surface area contributed by atoms with E-state index in [4.69, 9.17) is 20.4 Å². The first kappa shape index (κ1) is 12.7. The summed E-state index contributed by atoms with van der Waals surface area (Å²) in [6, 6.07) is 3.87. The maximum absolute atomic E-state index is 11.1. The number of imide groups is 1. The van der Waals surface area contributed by atoms with E-state index in [1.165, 1.54) is 0 Å². The van der Waals surface area contributed by atoms with Crippen LogP contribution in [0.15, 0.2) is 23.4 Å². The van der Waals surface area contributed by atoms with Crippen LogP contribution >= 0.6 is 0 Å². The minimum absolute atomic E-state index is 0.178. The SMILES string of the molecule is NC(=O)NC(=O)COc1ccc2c(c1)OCC2=NO. The highest BCUT2D eigenvalue weighted by Crippen LogP contribution is 2.29. The lowest BCUT2D eigenvalue weighted by Gasteiger charge is -2.06. The van der Waals surface area contributed by atoms with Gasteiger partial charge in [-0.3, -0.25) is 10.1 Å². The molecule has 0 saturated heterocycles. The normalized spacial score (nSPS) is 14.6. The molecule has 0 aromatic heterocycles. The third-order valence-corrected chi connectivity index (χ3v) is 2.38. The van der Waals surface area contributed by atoms with Crippen LogP contribution in [-0.2, 0) is 4.79 Å². The zero-order valence-corrected chi connectivity index (χ0v) is 9.75. The van der Waals surface area contributed by atoms with E-state index >= 15 is 0 Å². The number of urea groups is 1. The molecule has 0 bridgehead atoms. The predicted molar refractivity (Wildman–Crippen MR) is 63.5 cm³/mol. The maximum atomic E-state index is 11.1. The standard InChI is InChI=1S/C11H11N3O5/c12-11(16)13-10(15)5-18-6-1-2-7-8(14-17)4-19-9(7)3-6/h1-3,17H,4-5H2,(H3,12,13,15,16). The highest BCUT2D eigenvalue weighted by atomic mass is 16.5. The van der Waals surface area contributed by atoms with Crippen LogP contribution in [0.1, 0.15) is 5.56 Å². The lowest BCUT2D eigenvalue weighted by atomic mass is 10.1. The molecule has 8 nitrogen and oxygen atoms in total. The van der Waals surface area contributed by atoms with E-state index in [-0.39, 0.29) is 13.2 Å². The number of fused-ring (bicyclic) bond motifs is 1. The molecule has 1 aromatic rings. The summed E-state index contributed by atoms with van der Waals surface area (Å²) in [5.41, 5.74) is 5.87. The lowest BCUT2D eigenvalue weighted by molar-refractivity contribution is -0.121. The molecule has 0 spiro atoms. The molecular weight excluding hydrogens is 254 g/mol. The molecule has 0 unspecified atom stereocenters. The van der Waals surface area contributed by atoms with Gasteiger partial charge in [-0.1, -0.05) is 5.16 Å². The maximum Gasteiger partial charge on any atom is 0.318 e. The van der Waals surface area contributed by atoms with Crippen molar-refractivity contribution >= 4 is 17.6 Å². The van der Waals surface area contributed by atoms with Crippen molar-refractivity contribution in [2.75, 3.05) is 13.2 Å². The largest absolute Gasteiger partial charge is 0.486 e. The second-order valence-electron chi connectivity index (χ2n) is 3.69. The highest BCUT2D eigenvalue weighted by Gasteiger charge is 2.20. The van der Waals surface area contributed by atoms with Crippen molar-refractivity contribution in [2.45, 2.75) is 0 Å². The predicted octanol–water partition coefficient (Wildman–Crippen LogP) is -0.169. The fourth-order valence-electron chi connectivity index (χ4n) is 1.58. The molecule has 1 aromatic carbocycles. The third-order valence-electron chi connectivity index (χ3n) is 2.38. The first-order valence-electron chi connectivity index (χ1n) is 5.30. The number of rotatable bonds is 3. The molecule has 0 saturated carbocycles. The highest BCUT2D eigenvalue weighted by molar-refractivity contribution is 6.06. The van der Waals surface area contributed by atoms with Gasteiger partial charge in [-0.15, -0.1) is 0 Å². The van der Waals surface area contributed by atoms with Gasteiger partial charge < -0.3 is 20.4 Å². The van der Waals surface area contributed by atoms with Gasteiger partial charge in [0.25, 0.3) is 5.91 Å². The van der Waals surface area contributed by atoms with Crippen molar-refractivity contribution in [1.29, 1.82) is 0 Å². The summed E-state index contributed by atoms with van der Waals surface area (Å²) >= 11 is 0. The van der Waals surface area contributed by atoms with Crippen molar-refractivity contribution < 1.29 is 24.3 Å². The summed E-state index contributed by atoms with van der Waals surface area (Å²) in [4.78, 5) is 21.6. The van der Waals surface area contributed by atoms with Crippen LogP contribution in [0.5, 0.6) is 11.5 Å². The van der Waals surface area contributed by atoms with Gasteiger partial charge in [0.1, 0.15) is 23.8 Å². The van der Waals surface area contributed by atoms with Crippen molar-refractivity contribution in [3.63, 3.8) is 0 Å². The van der Waals surface area contributed by atoms with Crippen LogP contribution in [0.25, 0.3) is 0 Å². The Morgan fingerprint density at radius 2 is 2.32 bits per heavy atom. The number of nitrogens with one attached hydrogen (secondary N) is 1. The Balaban J connectivity index is 2.00. The molecule has 8 heteroatoms. The molecule has 2 rings (SSSR count). The first-order valence-corrected chi connectivity index (χ1v) is 5.30. The number of carbonyl (C=O) groups is 2. The van der Waals surface area contributed by atoms with Crippen LogP contribution in [0, 0.1) is 0 Å². The average molecular weight is 265 g/mol. The molecule has 4 N–H and O–H groups in total. The molecular formula is C11H11N3O5. The van der Waals surface area contributed by atoms with Gasteiger partial charge in [-0.2, -0.15) is 0 Å². The van der Waals surface area contributed by atoms with E-state index in [1.807, 2.05) is 5.32 Å². The number of hydrogen-bond donors (Lipinski definition) is 3. The molecule has 0 radical (unpaired) electrons. The monoisotopic (exact) mass is 265 g/mol. The smallest absolute Gasteiger partial charge is 0.318 e. The molecule has 1 heterocycles. The van der Waals surface area contributed by atoms with Gasteiger partial charge in [0.2, 0.25) is 0 Å². The number of oxime groups is 1. The second kappa shape index (κ2) is 5.25. The molecule has 0 atom stereocenters. The first-order chi connectivity index (χ1) is 9.10. The van der Waals surface area contributed by atoms with Crippen molar-refractivity contribution in [1.82, 2.24) is 5.32 Å². The number of amides is 3. The molecule has 0 fully saturated rings. The minimum atomic E-state index is -0.935. The summed E-state index contributed by atoms with van der Waals surface area (Å²) in [6.07, 6.45) is 0. The van der Waals surface area contributed by atoms with Gasteiger partial charge in [-0.05, 0) is 12.1 Å². The second-order valence-corrected chi connectivity index (χ2v) is 3.69. The summed E-state index contributed by atoms with van der Waals surface area (Å²) in [7, 11) is 0. The zero-order valence-electron chi connectivity index (χ0n) is 9.75. The van der Waals surface area contributed by atoms with Crippen molar-refractivity contribution in [3.05, 3.63) is 23.8 Å². The number of primary amides is 1. The average Bonchev–Trinajstić information content (AvgIpc) is 2.77. The van der Waals surface area contributed by atoms with Crippen LogP contribution in [0.4, 0.5) is 4.79 Å². The van der Waals surface area contributed by atoms with Gasteiger partial charge in [-0.25, -0.2) is 4.79 Å². The van der Waals surface area contributed by atoms with E-state index in [2.05, 4.69) is 5.16 Å². The van der Waals surface area contributed by atoms with Gasteiger partial charge in [0, 0.05) is 11.6 Å². The van der Waals surface area contributed by atoms with Crippen molar-refractivity contribution in [3.8, 4) is 11.5 Å². The van der Waals surface area contributed by atoms with E-state index in [0.717, 1.165) is 0 Å². The third kappa shape index (κ3) is 2.92. The zero-order chi connectivity index (χ0) is 13.8. The molecule has 0 aliphatic carbocycles. The Morgan fingerprint density at radius 1 is 1.53 bits per heavy atom. The Kier molecular flexibility index (Phi) is 3.51. The van der Waals surface area contributed by atoms with Gasteiger partial charge in [0.15, 0.2) is 6.61 Å². The topological polar surface area (TPSA) is 123 Å². The Bertz CT molecular complexity index is 555. The quantitative estimate of drug-likeness (QED) is 0.517. The molecule has 19 heavy (non-hydrogen) atoms. The minimum Gasteiger partial charge on any atom is -0.486 e. The molecule has 100 valence electrons. The van der Waals surface area contributed by atoms with E-state index in [0.29, 0.717) is 22.8 Å². The van der Waals surface area contributed by atoms with Crippen LogP contribution < -0.4 is 20.5 Å². The number of carbonyl (C=O) groups excluding carboxylic acids is 2. The van der Waals surface area contributed by atoms with Crippen LogP contribution in [0.2, 0.25) is 0 Å². The summed E-state index contributed by atoms with van der Waals surface area (Å²) in [5.74, 6) is 0.240.